The Morgan fingerprint density at radius 1 is 0.705 bits per heavy atom. The molecule has 4 N–H and O–H groups in total. The molecule has 8 nitrogen and oxygen atoms in total. The molecule has 2 aliphatic heterocycles. The number of aromatic carboxylic acids is 2. The average Bonchev–Trinajstić information content (AvgIpc) is 2.87. The average molecular weight is 605 g/mol. The Balaban J connectivity index is 0.000000240. The minimum absolute atomic E-state index is 0.0693. The Bertz CT molecular complexity index is 1450. The van der Waals surface area contributed by atoms with Gasteiger partial charge in [0.25, 0.3) is 0 Å². The molecule has 2 aromatic carbocycles. The van der Waals surface area contributed by atoms with Crippen molar-refractivity contribution < 1.29 is 39.5 Å². The van der Waals surface area contributed by atoms with Crippen molar-refractivity contribution in [1.29, 1.82) is 0 Å². The highest BCUT2D eigenvalue weighted by molar-refractivity contribution is 5.96. The monoisotopic (exact) mass is 604 g/mol. The number of aryl methyl sites for hydroxylation is 2. The van der Waals surface area contributed by atoms with E-state index < -0.39 is 23.1 Å². The lowest BCUT2D eigenvalue weighted by Gasteiger charge is -2.32. The van der Waals surface area contributed by atoms with Gasteiger partial charge in [-0.15, -0.1) is 0 Å². The van der Waals surface area contributed by atoms with E-state index in [2.05, 4.69) is 39.8 Å². The number of carboxylic acids is 2. The maximum atomic E-state index is 11.2. The van der Waals surface area contributed by atoms with Gasteiger partial charge in [-0.3, -0.25) is 0 Å². The first-order valence-electron chi connectivity index (χ1n) is 14.7. The second-order valence-electron chi connectivity index (χ2n) is 12.4. The Kier molecular flexibility index (Phi) is 10.4. The van der Waals surface area contributed by atoms with E-state index in [-0.39, 0.29) is 22.6 Å². The molecule has 0 saturated heterocycles. The van der Waals surface area contributed by atoms with Crippen molar-refractivity contribution in [2.24, 2.45) is 0 Å². The van der Waals surface area contributed by atoms with Crippen LogP contribution in [0, 0.1) is 13.8 Å². The molecule has 0 amide bonds. The van der Waals surface area contributed by atoms with Crippen LogP contribution in [0.15, 0.2) is 47.6 Å². The molecule has 44 heavy (non-hydrogen) atoms. The van der Waals surface area contributed by atoms with Crippen LogP contribution in [0.3, 0.4) is 0 Å². The summed E-state index contributed by atoms with van der Waals surface area (Å²) >= 11 is 0. The van der Waals surface area contributed by atoms with E-state index in [9.17, 15) is 30.0 Å². The number of hydrogen-bond acceptors (Lipinski definition) is 6. The van der Waals surface area contributed by atoms with Crippen molar-refractivity contribution in [3.8, 4) is 23.0 Å². The molecule has 2 aliphatic rings. The number of benzene rings is 2. The molecule has 0 radical (unpaired) electrons. The van der Waals surface area contributed by atoms with Crippen LogP contribution in [0.25, 0.3) is 12.2 Å². The number of ether oxygens (including phenoxy) is 2. The molecular weight excluding hydrogens is 560 g/mol. The van der Waals surface area contributed by atoms with Crippen molar-refractivity contribution in [1.82, 2.24) is 0 Å². The summed E-state index contributed by atoms with van der Waals surface area (Å²) in [4.78, 5) is 22.5. The Labute approximate surface area is 259 Å². The van der Waals surface area contributed by atoms with Crippen molar-refractivity contribution in [3.05, 3.63) is 81.0 Å². The van der Waals surface area contributed by atoms with Crippen molar-refractivity contribution >= 4 is 24.1 Å². The molecule has 2 heterocycles. The zero-order valence-electron chi connectivity index (χ0n) is 26.9. The highest BCUT2D eigenvalue weighted by atomic mass is 16.5. The summed E-state index contributed by atoms with van der Waals surface area (Å²) in [6, 6.07) is 3.36. The Morgan fingerprint density at radius 3 is 1.34 bits per heavy atom. The third-order valence-corrected chi connectivity index (χ3v) is 7.70. The Hall–Kier alpha value is -4.46. The van der Waals surface area contributed by atoms with E-state index in [0.29, 0.717) is 33.8 Å². The van der Waals surface area contributed by atoms with Crippen LogP contribution < -0.4 is 9.47 Å². The number of fused-ring (bicyclic) bond motifs is 2. The topological polar surface area (TPSA) is 134 Å². The minimum Gasteiger partial charge on any atom is -0.506 e. The fourth-order valence-corrected chi connectivity index (χ4v) is 5.25. The van der Waals surface area contributed by atoms with Gasteiger partial charge in [-0.25, -0.2) is 9.59 Å². The van der Waals surface area contributed by atoms with Gasteiger partial charge in [0.2, 0.25) is 0 Å². The van der Waals surface area contributed by atoms with Gasteiger partial charge >= 0.3 is 11.9 Å². The number of aromatic hydroxyl groups is 2. The molecule has 236 valence electrons. The molecule has 2 unspecified atom stereocenters. The SMILES string of the molecule is CC(C)=CCCC1(C)C=Cc2c(cc(C)c(C(=O)O)c2O)O1.CC(C)=CCCC1(C)C=Cc2c(cc(C)c(C(=O)O)c2O)O1. The van der Waals surface area contributed by atoms with Crippen molar-refractivity contribution in [3.63, 3.8) is 0 Å². The van der Waals surface area contributed by atoms with Gasteiger partial charge in [0, 0.05) is 0 Å². The predicted molar refractivity (Wildman–Crippen MR) is 173 cm³/mol. The second kappa shape index (κ2) is 13.5. The molecule has 0 aliphatic carbocycles. The van der Waals surface area contributed by atoms with Gasteiger partial charge in [0.1, 0.15) is 45.3 Å². The summed E-state index contributed by atoms with van der Waals surface area (Å²) in [5.41, 5.74) is 3.33. The number of hydrogen-bond donors (Lipinski definition) is 4. The first kappa shape index (κ1) is 34.0. The summed E-state index contributed by atoms with van der Waals surface area (Å²) in [5, 5.41) is 38.7. The van der Waals surface area contributed by atoms with Gasteiger partial charge in [-0.2, -0.15) is 0 Å². The standard InChI is InChI=1S/2C18H22O4/c2*1-11(2)6-5-8-18(4)9-7-13-14(22-18)10-12(3)15(16(13)19)17(20)21/h2*6-7,9-10,19H,5,8H2,1-4H3,(H,20,21). The van der Waals surface area contributed by atoms with Gasteiger partial charge < -0.3 is 29.9 Å². The van der Waals surface area contributed by atoms with Gasteiger partial charge in [0.05, 0.1) is 11.1 Å². The molecule has 0 aromatic heterocycles. The van der Waals surface area contributed by atoms with Crippen LogP contribution in [0.4, 0.5) is 0 Å². The normalized spacial score (nSPS) is 19.3. The van der Waals surface area contributed by atoms with Gasteiger partial charge in [-0.1, -0.05) is 23.3 Å². The number of phenols is 2. The van der Waals surface area contributed by atoms with E-state index >= 15 is 0 Å². The lowest BCUT2D eigenvalue weighted by Crippen LogP contribution is -2.31. The highest BCUT2D eigenvalue weighted by Crippen LogP contribution is 2.42. The minimum atomic E-state index is -1.14. The van der Waals surface area contributed by atoms with Gasteiger partial charge in [0.15, 0.2) is 0 Å². The molecule has 2 atom stereocenters. The molecular formula is C36H44O8. The molecule has 2 aromatic rings. The fraction of sp³-hybridized carbons (Fsp3) is 0.389. The van der Waals surface area contributed by atoms with Crippen LogP contribution in [0.5, 0.6) is 23.0 Å². The summed E-state index contributed by atoms with van der Waals surface area (Å²) < 4.78 is 12.1. The summed E-state index contributed by atoms with van der Waals surface area (Å²) in [6.07, 6.45) is 15.0. The van der Waals surface area contributed by atoms with Crippen molar-refractivity contribution in [2.45, 2.75) is 92.3 Å². The van der Waals surface area contributed by atoms with Crippen molar-refractivity contribution in [2.75, 3.05) is 0 Å². The molecule has 0 spiro atoms. The number of allylic oxidation sites excluding steroid dienone is 4. The van der Waals surface area contributed by atoms with E-state index in [1.54, 1.807) is 38.1 Å². The maximum Gasteiger partial charge on any atom is 0.339 e. The predicted octanol–water partition coefficient (Wildman–Crippen LogP) is 8.62. The van der Waals surface area contributed by atoms with Crippen LogP contribution in [-0.2, 0) is 0 Å². The lowest BCUT2D eigenvalue weighted by molar-refractivity contribution is 0.0680. The van der Waals surface area contributed by atoms with Crippen LogP contribution >= 0.6 is 0 Å². The Morgan fingerprint density at radius 2 is 1.05 bits per heavy atom. The number of carboxylic acid groups (broad SMARTS) is 2. The summed E-state index contributed by atoms with van der Waals surface area (Å²) in [6.45, 7) is 15.5. The highest BCUT2D eigenvalue weighted by Gasteiger charge is 2.31. The zero-order valence-corrected chi connectivity index (χ0v) is 26.9. The quantitative estimate of drug-likeness (QED) is 0.220. The van der Waals surface area contributed by atoms with Crippen LogP contribution in [0.1, 0.15) is 110 Å². The summed E-state index contributed by atoms with van der Waals surface area (Å²) in [5.74, 6) is -1.68. The smallest absolute Gasteiger partial charge is 0.339 e. The largest absolute Gasteiger partial charge is 0.506 e. The molecule has 4 rings (SSSR count). The second-order valence-corrected chi connectivity index (χ2v) is 12.4. The van der Waals surface area contributed by atoms with Crippen LogP contribution in [-0.4, -0.2) is 43.6 Å². The maximum absolute atomic E-state index is 11.2. The number of rotatable bonds is 8. The molecule has 0 bridgehead atoms. The lowest BCUT2D eigenvalue weighted by atomic mass is 9.92. The van der Waals surface area contributed by atoms with Gasteiger partial charge in [-0.05, 0) is 129 Å². The zero-order chi connectivity index (χ0) is 33.0. The first-order chi connectivity index (χ1) is 20.5. The molecule has 0 fully saturated rings. The molecule has 8 heteroatoms. The third kappa shape index (κ3) is 7.92. The molecule has 0 saturated carbocycles. The number of carbonyl (C=O) groups is 2. The van der Waals surface area contributed by atoms with Crippen LogP contribution in [0.2, 0.25) is 0 Å². The van der Waals surface area contributed by atoms with E-state index in [1.165, 1.54) is 11.1 Å². The fourth-order valence-electron chi connectivity index (χ4n) is 5.25. The first-order valence-corrected chi connectivity index (χ1v) is 14.7. The van der Waals surface area contributed by atoms with E-state index in [0.717, 1.165) is 25.7 Å². The third-order valence-electron chi connectivity index (χ3n) is 7.70. The van der Waals surface area contributed by atoms with E-state index in [1.807, 2.05) is 26.0 Å². The summed E-state index contributed by atoms with van der Waals surface area (Å²) in [7, 11) is 0. The van der Waals surface area contributed by atoms with E-state index in [4.69, 9.17) is 9.47 Å².